The van der Waals surface area contributed by atoms with Gasteiger partial charge < -0.3 is 16.2 Å². The molecule has 0 aromatic heterocycles. The zero-order chi connectivity index (χ0) is 14.5. The van der Waals surface area contributed by atoms with Gasteiger partial charge in [-0.25, -0.2) is 0 Å². The molecule has 0 spiro atoms. The van der Waals surface area contributed by atoms with Gasteiger partial charge in [0.1, 0.15) is 0 Å². The van der Waals surface area contributed by atoms with Gasteiger partial charge in [-0.1, -0.05) is 24.3 Å². The zero-order valence-corrected chi connectivity index (χ0v) is 11.3. The molecule has 4 N–H and O–H groups in total. The van der Waals surface area contributed by atoms with Crippen molar-refractivity contribution in [1.82, 2.24) is 0 Å². The molecule has 4 heteroatoms. The first-order valence-electron chi connectivity index (χ1n) is 6.47. The van der Waals surface area contributed by atoms with Gasteiger partial charge in [-0.05, 0) is 42.3 Å². The van der Waals surface area contributed by atoms with E-state index >= 15 is 0 Å². The Labute approximate surface area is 118 Å². The molecular formula is C16H18N2O2. The molecule has 2 aromatic rings. The van der Waals surface area contributed by atoms with Crippen LogP contribution in [0, 0.1) is 0 Å². The second kappa shape index (κ2) is 6.21. The number of anilines is 2. The van der Waals surface area contributed by atoms with E-state index in [0.717, 1.165) is 16.8 Å². The first kappa shape index (κ1) is 14.1. The van der Waals surface area contributed by atoms with Crippen LogP contribution in [-0.4, -0.2) is 11.0 Å². The van der Waals surface area contributed by atoms with E-state index in [1.165, 1.54) is 0 Å². The number of rotatable bonds is 4. The number of carbonyl (C=O) groups excluding carboxylic acids is 1. The summed E-state index contributed by atoms with van der Waals surface area (Å²) in [4.78, 5) is 11.9. The number of nitrogens with one attached hydrogen (secondary N) is 1. The van der Waals surface area contributed by atoms with Crippen LogP contribution in [-0.2, 0) is 11.2 Å². The van der Waals surface area contributed by atoms with Crippen molar-refractivity contribution in [3.8, 4) is 0 Å². The van der Waals surface area contributed by atoms with Gasteiger partial charge >= 0.3 is 0 Å². The lowest BCUT2D eigenvalue weighted by Crippen LogP contribution is -2.14. The molecule has 0 aliphatic heterocycles. The van der Waals surface area contributed by atoms with E-state index < -0.39 is 6.10 Å². The minimum atomic E-state index is -0.505. The van der Waals surface area contributed by atoms with E-state index in [4.69, 9.17) is 5.73 Å². The molecule has 0 aliphatic rings. The van der Waals surface area contributed by atoms with E-state index in [-0.39, 0.29) is 5.91 Å². The van der Waals surface area contributed by atoms with Gasteiger partial charge in [0, 0.05) is 11.4 Å². The highest BCUT2D eigenvalue weighted by Crippen LogP contribution is 2.16. The fourth-order valence-electron chi connectivity index (χ4n) is 1.87. The highest BCUT2D eigenvalue weighted by molar-refractivity contribution is 5.92. The summed E-state index contributed by atoms with van der Waals surface area (Å²) in [5.41, 5.74) is 8.73. The van der Waals surface area contributed by atoms with Crippen molar-refractivity contribution in [2.24, 2.45) is 0 Å². The third-order valence-corrected chi connectivity index (χ3v) is 3.02. The smallest absolute Gasteiger partial charge is 0.228 e. The summed E-state index contributed by atoms with van der Waals surface area (Å²) in [5.74, 6) is -0.0837. The van der Waals surface area contributed by atoms with Crippen molar-refractivity contribution in [2.75, 3.05) is 11.1 Å². The number of nitrogen functional groups attached to an aromatic ring is 1. The summed E-state index contributed by atoms with van der Waals surface area (Å²) in [6, 6.07) is 14.4. The Morgan fingerprint density at radius 1 is 1.15 bits per heavy atom. The Hall–Kier alpha value is -2.33. The topological polar surface area (TPSA) is 75.3 Å². The minimum Gasteiger partial charge on any atom is -0.399 e. The number of benzene rings is 2. The SMILES string of the molecule is C[C@H](O)c1ccc(NC(=O)Cc2ccc(N)cc2)cc1. The number of carbonyl (C=O) groups is 1. The molecule has 1 amide bonds. The van der Waals surface area contributed by atoms with Crippen LogP contribution in [0.15, 0.2) is 48.5 Å². The summed E-state index contributed by atoms with van der Waals surface area (Å²) in [6.45, 7) is 1.70. The van der Waals surface area contributed by atoms with Crippen molar-refractivity contribution in [2.45, 2.75) is 19.4 Å². The maximum atomic E-state index is 11.9. The maximum absolute atomic E-state index is 11.9. The summed E-state index contributed by atoms with van der Waals surface area (Å²) >= 11 is 0. The molecule has 0 fully saturated rings. The van der Waals surface area contributed by atoms with Crippen LogP contribution in [0.1, 0.15) is 24.2 Å². The van der Waals surface area contributed by atoms with Gasteiger partial charge in [0.15, 0.2) is 0 Å². The Balaban J connectivity index is 1.95. The molecule has 4 nitrogen and oxygen atoms in total. The van der Waals surface area contributed by atoms with E-state index in [1.807, 2.05) is 12.1 Å². The third kappa shape index (κ3) is 3.83. The average Bonchev–Trinajstić information content (AvgIpc) is 2.42. The average molecular weight is 270 g/mol. The Bertz CT molecular complexity index is 574. The molecule has 2 aromatic carbocycles. The first-order valence-corrected chi connectivity index (χ1v) is 6.47. The van der Waals surface area contributed by atoms with Gasteiger partial charge in [-0.2, -0.15) is 0 Å². The van der Waals surface area contributed by atoms with Crippen LogP contribution in [0.2, 0.25) is 0 Å². The Kier molecular flexibility index (Phi) is 4.38. The molecule has 0 radical (unpaired) electrons. The predicted octanol–water partition coefficient (Wildman–Crippen LogP) is 2.50. The molecule has 0 unspecified atom stereocenters. The largest absolute Gasteiger partial charge is 0.399 e. The normalized spacial score (nSPS) is 11.9. The van der Waals surface area contributed by atoms with Gasteiger partial charge in [0.05, 0.1) is 12.5 Å². The number of nitrogens with two attached hydrogens (primary N) is 1. The van der Waals surface area contributed by atoms with Crippen molar-refractivity contribution in [1.29, 1.82) is 0 Å². The maximum Gasteiger partial charge on any atom is 0.228 e. The molecule has 0 aliphatic carbocycles. The second-order valence-corrected chi connectivity index (χ2v) is 4.76. The van der Waals surface area contributed by atoms with Crippen LogP contribution in [0.3, 0.4) is 0 Å². The number of hydrogen-bond donors (Lipinski definition) is 3. The van der Waals surface area contributed by atoms with Crippen molar-refractivity contribution < 1.29 is 9.90 Å². The van der Waals surface area contributed by atoms with Crippen molar-refractivity contribution in [3.63, 3.8) is 0 Å². The standard InChI is InChI=1S/C16H18N2O2/c1-11(19)13-4-8-15(9-5-13)18-16(20)10-12-2-6-14(17)7-3-12/h2-9,11,19H,10,17H2,1H3,(H,18,20)/t11-/m0/s1. The lowest BCUT2D eigenvalue weighted by Gasteiger charge is -2.08. The van der Waals surface area contributed by atoms with Crippen LogP contribution in [0.25, 0.3) is 0 Å². The van der Waals surface area contributed by atoms with Crippen LogP contribution < -0.4 is 11.1 Å². The Morgan fingerprint density at radius 3 is 2.30 bits per heavy atom. The van der Waals surface area contributed by atoms with Crippen molar-refractivity contribution >= 4 is 17.3 Å². The summed E-state index contributed by atoms with van der Waals surface area (Å²) in [7, 11) is 0. The quantitative estimate of drug-likeness (QED) is 0.747. The molecular weight excluding hydrogens is 252 g/mol. The van der Waals surface area contributed by atoms with E-state index in [0.29, 0.717) is 12.1 Å². The first-order chi connectivity index (χ1) is 9.54. The highest BCUT2D eigenvalue weighted by Gasteiger charge is 2.05. The zero-order valence-electron chi connectivity index (χ0n) is 11.3. The number of amides is 1. The highest BCUT2D eigenvalue weighted by atomic mass is 16.3. The van der Waals surface area contributed by atoms with Gasteiger partial charge in [0.2, 0.25) is 5.91 Å². The second-order valence-electron chi connectivity index (χ2n) is 4.76. The van der Waals surface area contributed by atoms with E-state index in [9.17, 15) is 9.90 Å². The van der Waals surface area contributed by atoms with Crippen molar-refractivity contribution in [3.05, 3.63) is 59.7 Å². The van der Waals surface area contributed by atoms with E-state index in [2.05, 4.69) is 5.32 Å². The van der Waals surface area contributed by atoms with Gasteiger partial charge in [0.25, 0.3) is 0 Å². The summed E-state index contributed by atoms with van der Waals surface area (Å²) in [6.07, 6.45) is -0.201. The van der Waals surface area contributed by atoms with Gasteiger partial charge in [-0.3, -0.25) is 4.79 Å². The predicted molar refractivity (Wildman–Crippen MR) is 80.3 cm³/mol. The molecule has 0 saturated heterocycles. The van der Waals surface area contributed by atoms with E-state index in [1.54, 1.807) is 43.3 Å². The molecule has 2 rings (SSSR count). The molecule has 104 valence electrons. The third-order valence-electron chi connectivity index (χ3n) is 3.02. The van der Waals surface area contributed by atoms with Crippen LogP contribution >= 0.6 is 0 Å². The monoisotopic (exact) mass is 270 g/mol. The van der Waals surface area contributed by atoms with Crippen LogP contribution in [0.4, 0.5) is 11.4 Å². The molecule has 0 saturated carbocycles. The van der Waals surface area contributed by atoms with Crippen LogP contribution in [0.5, 0.6) is 0 Å². The molecule has 20 heavy (non-hydrogen) atoms. The number of aliphatic hydroxyl groups excluding tert-OH is 1. The lowest BCUT2D eigenvalue weighted by molar-refractivity contribution is -0.115. The number of hydrogen-bond acceptors (Lipinski definition) is 3. The Morgan fingerprint density at radius 2 is 1.75 bits per heavy atom. The number of aliphatic hydroxyl groups is 1. The summed E-state index contributed by atoms with van der Waals surface area (Å²) in [5, 5.41) is 12.2. The molecule has 0 bridgehead atoms. The molecule has 0 heterocycles. The lowest BCUT2D eigenvalue weighted by atomic mass is 10.1. The summed E-state index contributed by atoms with van der Waals surface area (Å²) < 4.78 is 0. The fraction of sp³-hybridized carbons (Fsp3) is 0.188. The molecule has 1 atom stereocenters. The fourth-order valence-corrected chi connectivity index (χ4v) is 1.87. The minimum absolute atomic E-state index is 0.0837. The van der Waals surface area contributed by atoms with Gasteiger partial charge in [-0.15, -0.1) is 0 Å².